The molecule has 0 heterocycles. The van der Waals surface area contributed by atoms with Crippen molar-refractivity contribution < 1.29 is 9.53 Å². The number of esters is 1. The van der Waals surface area contributed by atoms with Gasteiger partial charge in [-0.1, -0.05) is 38.1 Å². The molecule has 0 fully saturated rings. The Balaban J connectivity index is 2.10. The average Bonchev–Trinajstić information content (AvgIpc) is 2.38. The summed E-state index contributed by atoms with van der Waals surface area (Å²) >= 11 is 0. The highest BCUT2D eigenvalue weighted by Gasteiger charge is 2.32. The van der Waals surface area contributed by atoms with Crippen LogP contribution in [0.25, 0.3) is 0 Å². The van der Waals surface area contributed by atoms with Crippen molar-refractivity contribution in [3.63, 3.8) is 0 Å². The minimum Gasteiger partial charge on any atom is -0.465 e. The minimum atomic E-state index is -0.176. The van der Waals surface area contributed by atoms with Gasteiger partial charge in [-0.2, -0.15) is 0 Å². The predicted octanol–water partition coefficient (Wildman–Crippen LogP) is 2.95. The van der Waals surface area contributed by atoms with Gasteiger partial charge < -0.3 is 10.1 Å². The fourth-order valence-corrected chi connectivity index (χ4v) is 2.84. The summed E-state index contributed by atoms with van der Waals surface area (Å²) in [6.07, 6.45) is 2.19. The normalized spacial score (nSPS) is 20.7. The second-order valence-electron chi connectivity index (χ2n) is 5.75. The van der Waals surface area contributed by atoms with E-state index in [0.717, 1.165) is 12.8 Å². The molecule has 0 saturated heterocycles. The van der Waals surface area contributed by atoms with E-state index in [1.165, 1.54) is 11.1 Å². The van der Waals surface area contributed by atoms with Gasteiger partial charge in [-0.3, -0.25) is 4.79 Å². The van der Waals surface area contributed by atoms with E-state index in [9.17, 15) is 4.79 Å². The summed E-state index contributed by atoms with van der Waals surface area (Å²) in [5.41, 5.74) is 2.93. The number of hydrogen-bond acceptors (Lipinski definition) is 3. The maximum Gasteiger partial charge on any atom is 0.319 e. The standard InChI is InChI=1S/C16H23NO2/c1-4-19-15(18)11-17-14-9-10-16(2,3)13-8-6-5-7-12(13)14/h5-8,14,17H,4,9-11H2,1-3H3. The van der Waals surface area contributed by atoms with Crippen molar-refractivity contribution >= 4 is 5.97 Å². The fourth-order valence-electron chi connectivity index (χ4n) is 2.84. The molecule has 1 N–H and O–H groups in total. The van der Waals surface area contributed by atoms with Gasteiger partial charge in [0.05, 0.1) is 13.2 Å². The zero-order valence-corrected chi connectivity index (χ0v) is 12.0. The Hall–Kier alpha value is -1.35. The van der Waals surface area contributed by atoms with Crippen LogP contribution in [-0.2, 0) is 14.9 Å². The monoisotopic (exact) mass is 261 g/mol. The number of benzene rings is 1. The molecular formula is C16H23NO2. The lowest BCUT2D eigenvalue weighted by Crippen LogP contribution is -2.35. The quantitative estimate of drug-likeness (QED) is 0.847. The molecule has 0 saturated carbocycles. The van der Waals surface area contributed by atoms with E-state index in [2.05, 4.69) is 43.4 Å². The summed E-state index contributed by atoms with van der Waals surface area (Å²) in [5, 5.41) is 3.33. The molecule has 0 aromatic heterocycles. The van der Waals surface area contributed by atoms with Crippen molar-refractivity contribution in [3.05, 3.63) is 35.4 Å². The van der Waals surface area contributed by atoms with Crippen molar-refractivity contribution in [2.24, 2.45) is 0 Å². The predicted molar refractivity (Wildman–Crippen MR) is 76.1 cm³/mol. The average molecular weight is 261 g/mol. The van der Waals surface area contributed by atoms with Crippen molar-refractivity contribution in [1.29, 1.82) is 0 Å². The molecule has 1 aromatic rings. The van der Waals surface area contributed by atoms with Crippen molar-refractivity contribution in [2.45, 2.75) is 45.1 Å². The van der Waals surface area contributed by atoms with Crippen LogP contribution < -0.4 is 5.32 Å². The van der Waals surface area contributed by atoms with Crippen molar-refractivity contribution in [2.75, 3.05) is 13.2 Å². The van der Waals surface area contributed by atoms with Gasteiger partial charge in [0.25, 0.3) is 0 Å². The van der Waals surface area contributed by atoms with Crippen LogP contribution in [-0.4, -0.2) is 19.1 Å². The van der Waals surface area contributed by atoms with Gasteiger partial charge in [0.2, 0.25) is 0 Å². The van der Waals surface area contributed by atoms with Crippen LogP contribution in [0, 0.1) is 0 Å². The number of carbonyl (C=O) groups is 1. The first-order chi connectivity index (χ1) is 9.04. The minimum absolute atomic E-state index is 0.176. The molecule has 3 heteroatoms. The Labute approximate surface area is 115 Å². The second-order valence-corrected chi connectivity index (χ2v) is 5.75. The van der Waals surface area contributed by atoms with Crippen LogP contribution in [0.4, 0.5) is 0 Å². The maximum absolute atomic E-state index is 11.4. The first-order valence-corrected chi connectivity index (χ1v) is 7.03. The Morgan fingerprint density at radius 2 is 2.16 bits per heavy atom. The van der Waals surface area contributed by atoms with Gasteiger partial charge >= 0.3 is 5.97 Å². The van der Waals surface area contributed by atoms with E-state index in [-0.39, 0.29) is 24.0 Å². The summed E-state index contributed by atoms with van der Waals surface area (Å²) < 4.78 is 4.96. The number of carbonyl (C=O) groups excluding carboxylic acids is 1. The van der Waals surface area contributed by atoms with E-state index < -0.39 is 0 Å². The Morgan fingerprint density at radius 1 is 1.42 bits per heavy atom. The van der Waals surface area contributed by atoms with Gasteiger partial charge in [-0.05, 0) is 36.3 Å². The molecule has 3 nitrogen and oxygen atoms in total. The summed E-state index contributed by atoms with van der Waals surface area (Å²) in [7, 11) is 0. The molecule has 1 aromatic carbocycles. The molecule has 1 aliphatic carbocycles. The van der Waals surface area contributed by atoms with Gasteiger partial charge in [0, 0.05) is 6.04 Å². The summed E-state index contributed by atoms with van der Waals surface area (Å²) in [6.45, 7) is 7.12. The zero-order valence-electron chi connectivity index (χ0n) is 12.0. The molecule has 1 unspecified atom stereocenters. The molecule has 1 atom stereocenters. The van der Waals surface area contributed by atoms with Crippen molar-refractivity contribution in [1.82, 2.24) is 5.32 Å². The summed E-state index contributed by atoms with van der Waals surface area (Å²) in [6, 6.07) is 8.79. The van der Waals surface area contributed by atoms with Gasteiger partial charge in [-0.25, -0.2) is 0 Å². The third-order valence-corrected chi connectivity index (χ3v) is 3.92. The van der Waals surface area contributed by atoms with Crippen LogP contribution in [0.2, 0.25) is 0 Å². The summed E-state index contributed by atoms with van der Waals surface area (Å²) in [4.78, 5) is 11.4. The third kappa shape index (κ3) is 3.16. The lowest BCUT2D eigenvalue weighted by molar-refractivity contribution is -0.142. The van der Waals surface area contributed by atoms with Gasteiger partial charge in [0.15, 0.2) is 0 Å². The Morgan fingerprint density at radius 3 is 2.89 bits per heavy atom. The molecule has 1 aliphatic rings. The molecule has 0 bridgehead atoms. The summed E-state index contributed by atoms with van der Waals surface area (Å²) in [5.74, 6) is -0.176. The highest BCUT2D eigenvalue weighted by atomic mass is 16.5. The van der Waals surface area contributed by atoms with Crippen LogP contribution >= 0.6 is 0 Å². The molecule has 104 valence electrons. The van der Waals surface area contributed by atoms with E-state index >= 15 is 0 Å². The lowest BCUT2D eigenvalue weighted by Gasteiger charge is -2.37. The number of fused-ring (bicyclic) bond motifs is 1. The van der Waals surface area contributed by atoms with Crippen LogP contribution in [0.3, 0.4) is 0 Å². The number of nitrogens with one attached hydrogen (secondary N) is 1. The van der Waals surface area contributed by atoms with Crippen LogP contribution in [0.5, 0.6) is 0 Å². The molecule has 0 aliphatic heterocycles. The van der Waals surface area contributed by atoms with E-state index in [0.29, 0.717) is 6.61 Å². The zero-order chi connectivity index (χ0) is 13.9. The van der Waals surface area contributed by atoms with E-state index in [4.69, 9.17) is 4.74 Å². The highest BCUT2D eigenvalue weighted by molar-refractivity contribution is 5.71. The van der Waals surface area contributed by atoms with Crippen molar-refractivity contribution in [3.8, 4) is 0 Å². The molecule has 0 amide bonds. The first kappa shape index (κ1) is 14.1. The van der Waals surface area contributed by atoms with Crippen LogP contribution in [0.1, 0.15) is 50.8 Å². The Kier molecular flexibility index (Phi) is 4.25. The first-order valence-electron chi connectivity index (χ1n) is 7.03. The number of rotatable bonds is 4. The van der Waals surface area contributed by atoms with Gasteiger partial charge in [0.1, 0.15) is 0 Å². The van der Waals surface area contributed by atoms with Gasteiger partial charge in [-0.15, -0.1) is 0 Å². The molecule has 0 spiro atoms. The molecule has 2 rings (SSSR count). The molecular weight excluding hydrogens is 238 g/mol. The fraction of sp³-hybridized carbons (Fsp3) is 0.562. The molecule has 19 heavy (non-hydrogen) atoms. The van der Waals surface area contributed by atoms with E-state index in [1.807, 2.05) is 6.92 Å². The second kappa shape index (κ2) is 5.74. The number of ether oxygens (including phenoxy) is 1. The third-order valence-electron chi connectivity index (χ3n) is 3.92. The molecule has 0 radical (unpaired) electrons. The smallest absolute Gasteiger partial charge is 0.319 e. The SMILES string of the molecule is CCOC(=O)CNC1CCC(C)(C)c2ccccc21. The highest BCUT2D eigenvalue weighted by Crippen LogP contribution is 2.41. The lowest BCUT2D eigenvalue weighted by atomic mass is 9.71. The number of hydrogen-bond donors (Lipinski definition) is 1. The maximum atomic E-state index is 11.4. The topological polar surface area (TPSA) is 38.3 Å². The van der Waals surface area contributed by atoms with Crippen LogP contribution in [0.15, 0.2) is 24.3 Å². The Bertz CT molecular complexity index is 454. The van der Waals surface area contributed by atoms with E-state index in [1.54, 1.807) is 0 Å². The largest absolute Gasteiger partial charge is 0.465 e.